The Morgan fingerprint density at radius 1 is 1.00 bits per heavy atom. The molecular formula is C11H9FO2S. The predicted octanol–water partition coefficient (Wildman–Crippen LogP) is 2.54. The second-order valence-corrected chi connectivity index (χ2v) is 5.15. The predicted molar refractivity (Wildman–Crippen MR) is 57.1 cm³/mol. The number of alkyl halides is 1. The summed E-state index contributed by atoms with van der Waals surface area (Å²) in [5.41, 5.74) is 0. The van der Waals surface area contributed by atoms with Crippen LogP contribution in [0, 0.1) is 0 Å². The molecule has 0 unspecified atom stereocenters. The first-order valence-electron chi connectivity index (χ1n) is 4.41. The largest absolute Gasteiger partial charge is 0.233 e. The Kier molecular flexibility index (Phi) is 2.44. The molecule has 0 aromatic heterocycles. The van der Waals surface area contributed by atoms with E-state index in [1.54, 1.807) is 12.1 Å². The van der Waals surface area contributed by atoms with Gasteiger partial charge < -0.3 is 0 Å². The molecule has 0 spiro atoms. The summed E-state index contributed by atoms with van der Waals surface area (Å²) in [6.45, 7) is 0. The molecule has 0 atom stereocenters. The van der Waals surface area contributed by atoms with Gasteiger partial charge in [0.2, 0.25) is 9.84 Å². The Morgan fingerprint density at radius 2 is 1.67 bits per heavy atom. The number of hydrogen-bond donors (Lipinski definition) is 0. The van der Waals surface area contributed by atoms with E-state index in [0.29, 0.717) is 0 Å². The summed E-state index contributed by atoms with van der Waals surface area (Å²) in [7, 11) is -3.76. The normalized spacial score (nSPS) is 11.8. The van der Waals surface area contributed by atoms with Gasteiger partial charge in [0.1, 0.15) is 0 Å². The fourth-order valence-electron chi connectivity index (χ4n) is 1.42. The number of benzene rings is 2. The van der Waals surface area contributed by atoms with Crippen molar-refractivity contribution in [3.05, 3.63) is 42.5 Å². The molecule has 0 aliphatic carbocycles. The molecule has 15 heavy (non-hydrogen) atoms. The molecule has 0 heterocycles. The number of fused-ring (bicyclic) bond motifs is 1. The lowest BCUT2D eigenvalue weighted by atomic mass is 10.1. The van der Waals surface area contributed by atoms with Gasteiger partial charge in [-0.1, -0.05) is 30.3 Å². The van der Waals surface area contributed by atoms with Crippen molar-refractivity contribution >= 4 is 20.6 Å². The van der Waals surface area contributed by atoms with Gasteiger partial charge in [-0.15, -0.1) is 0 Å². The van der Waals surface area contributed by atoms with Gasteiger partial charge in [-0.3, -0.25) is 0 Å². The van der Waals surface area contributed by atoms with E-state index in [0.717, 1.165) is 10.8 Å². The van der Waals surface area contributed by atoms with Crippen LogP contribution in [-0.4, -0.2) is 14.4 Å². The highest BCUT2D eigenvalue weighted by molar-refractivity contribution is 7.91. The van der Waals surface area contributed by atoms with E-state index in [1.165, 1.54) is 12.1 Å². The van der Waals surface area contributed by atoms with Crippen LogP contribution in [0.25, 0.3) is 10.8 Å². The van der Waals surface area contributed by atoms with E-state index in [-0.39, 0.29) is 4.90 Å². The molecule has 0 aliphatic heterocycles. The van der Waals surface area contributed by atoms with Crippen LogP contribution < -0.4 is 0 Å². The van der Waals surface area contributed by atoms with Crippen LogP contribution in [-0.2, 0) is 9.84 Å². The summed E-state index contributed by atoms with van der Waals surface area (Å²) >= 11 is 0. The first-order chi connectivity index (χ1) is 7.13. The fourth-order valence-corrected chi connectivity index (χ4v) is 2.13. The first kappa shape index (κ1) is 10.1. The minimum atomic E-state index is -3.76. The SMILES string of the molecule is O=S(=O)(CF)c1ccc2ccccc2c1. The van der Waals surface area contributed by atoms with E-state index >= 15 is 0 Å². The van der Waals surface area contributed by atoms with Crippen molar-refractivity contribution in [1.82, 2.24) is 0 Å². The molecule has 0 N–H and O–H groups in total. The molecule has 2 aromatic carbocycles. The van der Waals surface area contributed by atoms with Crippen LogP contribution >= 0.6 is 0 Å². The van der Waals surface area contributed by atoms with E-state index in [2.05, 4.69) is 0 Å². The summed E-state index contributed by atoms with van der Waals surface area (Å²) in [6.07, 6.45) is 0. The molecule has 0 amide bonds. The Balaban J connectivity index is 2.67. The number of rotatable bonds is 2. The third-order valence-corrected chi connectivity index (χ3v) is 3.48. The van der Waals surface area contributed by atoms with Gasteiger partial charge in [-0.25, -0.2) is 12.8 Å². The van der Waals surface area contributed by atoms with Crippen LogP contribution in [0.1, 0.15) is 0 Å². The highest BCUT2D eigenvalue weighted by atomic mass is 32.2. The number of sulfone groups is 1. The Hall–Kier alpha value is -1.42. The molecular weight excluding hydrogens is 215 g/mol. The summed E-state index contributed by atoms with van der Waals surface area (Å²) in [6, 6.07) is 10.6. The molecule has 2 aromatic rings. The van der Waals surface area contributed by atoms with Crippen molar-refractivity contribution in [2.24, 2.45) is 0 Å². The van der Waals surface area contributed by atoms with E-state index < -0.39 is 15.8 Å². The van der Waals surface area contributed by atoms with Crippen molar-refractivity contribution in [3.63, 3.8) is 0 Å². The molecule has 78 valence electrons. The van der Waals surface area contributed by atoms with Gasteiger partial charge in [-0.05, 0) is 22.9 Å². The maximum atomic E-state index is 12.3. The molecule has 0 aliphatic rings. The zero-order valence-corrected chi connectivity index (χ0v) is 8.67. The van der Waals surface area contributed by atoms with Crippen molar-refractivity contribution in [2.45, 2.75) is 4.90 Å². The molecule has 2 nitrogen and oxygen atoms in total. The minimum Gasteiger partial charge on any atom is -0.233 e. The summed E-state index contributed by atoms with van der Waals surface area (Å²) in [4.78, 5) is 0.0312. The zero-order chi connectivity index (χ0) is 10.9. The van der Waals surface area contributed by atoms with Gasteiger partial charge in [-0.2, -0.15) is 0 Å². The van der Waals surface area contributed by atoms with Gasteiger partial charge in [0, 0.05) is 0 Å². The standard InChI is InChI=1S/C11H9FO2S/c12-8-15(13,14)11-6-5-9-3-1-2-4-10(9)7-11/h1-7H,8H2. The summed E-state index contributed by atoms with van der Waals surface area (Å²) < 4.78 is 34.8. The lowest BCUT2D eigenvalue weighted by Crippen LogP contribution is -2.02. The third kappa shape index (κ3) is 1.85. The Labute approximate surface area is 87.3 Å². The average molecular weight is 224 g/mol. The maximum Gasteiger partial charge on any atom is 0.207 e. The molecule has 0 saturated heterocycles. The summed E-state index contributed by atoms with van der Waals surface area (Å²) in [5.74, 6) is 0. The van der Waals surface area contributed by atoms with Crippen molar-refractivity contribution < 1.29 is 12.8 Å². The highest BCUT2D eigenvalue weighted by Crippen LogP contribution is 2.19. The highest BCUT2D eigenvalue weighted by Gasteiger charge is 2.13. The number of hydrogen-bond acceptors (Lipinski definition) is 2. The lowest BCUT2D eigenvalue weighted by Gasteiger charge is -2.01. The fraction of sp³-hybridized carbons (Fsp3) is 0.0909. The molecule has 0 fully saturated rings. The molecule has 2 rings (SSSR count). The van der Waals surface area contributed by atoms with Crippen molar-refractivity contribution in [3.8, 4) is 0 Å². The smallest absolute Gasteiger partial charge is 0.207 e. The quantitative estimate of drug-likeness (QED) is 0.785. The van der Waals surface area contributed by atoms with Gasteiger partial charge in [0.25, 0.3) is 0 Å². The van der Waals surface area contributed by atoms with Crippen LogP contribution in [0.5, 0.6) is 0 Å². The molecule has 0 saturated carbocycles. The zero-order valence-electron chi connectivity index (χ0n) is 7.85. The summed E-state index contributed by atoms with van der Waals surface area (Å²) in [5, 5.41) is 1.74. The van der Waals surface area contributed by atoms with E-state index in [4.69, 9.17) is 0 Å². The van der Waals surface area contributed by atoms with Crippen molar-refractivity contribution in [1.29, 1.82) is 0 Å². The second-order valence-electron chi connectivity index (χ2n) is 3.23. The van der Waals surface area contributed by atoms with Gasteiger partial charge >= 0.3 is 0 Å². The second kappa shape index (κ2) is 3.62. The Morgan fingerprint density at radius 3 is 2.33 bits per heavy atom. The lowest BCUT2D eigenvalue weighted by molar-refractivity contribution is 0.534. The average Bonchev–Trinajstić information content (AvgIpc) is 2.28. The molecule has 4 heteroatoms. The minimum absolute atomic E-state index is 0.0312. The topological polar surface area (TPSA) is 34.1 Å². The van der Waals surface area contributed by atoms with E-state index in [9.17, 15) is 12.8 Å². The van der Waals surface area contributed by atoms with Crippen LogP contribution in [0.2, 0.25) is 0 Å². The van der Waals surface area contributed by atoms with Crippen LogP contribution in [0.3, 0.4) is 0 Å². The Bertz CT molecular complexity index is 590. The van der Waals surface area contributed by atoms with E-state index in [1.807, 2.05) is 18.2 Å². The molecule has 0 bridgehead atoms. The molecule has 0 radical (unpaired) electrons. The van der Waals surface area contributed by atoms with Gasteiger partial charge in [0.05, 0.1) is 4.90 Å². The first-order valence-corrected chi connectivity index (χ1v) is 6.06. The monoisotopic (exact) mass is 224 g/mol. The van der Waals surface area contributed by atoms with Crippen LogP contribution in [0.15, 0.2) is 47.4 Å². The van der Waals surface area contributed by atoms with Gasteiger partial charge in [0.15, 0.2) is 6.01 Å². The number of halogens is 1. The van der Waals surface area contributed by atoms with Crippen LogP contribution in [0.4, 0.5) is 4.39 Å². The third-order valence-electron chi connectivity index (χ3n) is 2.22. The maximum absolute atomic E-state index is 12.3. The van der Waals surface area contributed by atoms with Crippen molar-refractivity contribution in [2.75, 3.05) is 6.01 Å².